The van der Waals surface area contributed by atoms with E-state index >= 15 is 0 Å². The molecule has 1 aromatic rings. The van der Waals surface area contributed by atoms with Gasteiger partial charge in [-0.25, -0.2) is 9.97 Å². The molecule has 5 nitrogen and oxygen atoms in total. The minimum atomic E-state index is -0.671. The molecule has 0 aliphatic heterocycles. The number of anilines is 1. The first kappa shape index (κ1) is 7.74. The molecule has 0 spiro atoms. The van der Waals surface area contributed by atoms with E-state index in [0.717, 1.165) is 0 Å². The summed E-state index contributed by atoms with van der Waals surface area (Å²) in [5, 5.41) is -0.0231. The van der Waals surface area contributed by atoms with E-state index in [1.807, 2.05) is 0 Å². The molecule has 11 heavy (non-hydrogen) atoms. The molecule has 1 heterocycles. The number of hydrogen-bond donors (Lipinski definition) is 2. The summed E-state index contributed by atoms with van der Waals surface area (Å²) in [6, 6.07) is 0. The van der Waals surface area contributed by atoms with Crippen LogP contribution in [-0.2, 0) is 0 Å². The largest absolute Gasteiger partial charge is 0.368 e. The summed E-state index contributed by atoms with van der Waals surface area (Å²) in [5.41, 5.74) is 10.2. The first-order valence-corrected chi connectivity index (χ1v) is 3.07. The van der Waals surface area contributed by atoms with E-state index in [0.29, 0.717) is 0 Å². The molecule has 0 saturated carbocycles. The molecule has 0 aliphatic carbocycles. The average molecular weight is 173 g/mol. The Labute approximate surface area is 67.4 Å². The summed E-state index contributed by atoms with van der Waals surface area (Å²) < 4.78 is 0. The van der Waals surface area contributed by atoms with Gasteiger partial charge < -0.3 is 11.5 Å². The van der Waals surface area contributed by atoms with Gasteiger partial charge in [-0.1, -0.05) is 11.6 Å². The molecule has 6 heteroatoms. The Kier molecular flexibility index (Phi) is 1.91. The van der Waals surface area contributed by atoms with Crippen LogP contribution in [0.4, 0.5) is 5.95 Å². The van der Waals surface area contributed by atoms with Gasteiger partial charge >= 0.3 is 0 Å². The van der Waals surface area contributed by atoms with Crippen LogP contribution in [0.2, 0.25) is 5.15 Å². The number of nitrogens with two attached hydrogens (primary N) is 2. The fourth-order valence-corrected chi connectivity index (χ4v) is 0.767. The summed E-state index contributed by atoms with van der Waals surface area (Å²) in [6.45, 7) is 0. The summed E-state index contributed by atoms with van der Waals surface area (Å²) in [7, 11) is 0. The number of hydrogen-bond acceptors (Lipinski definition) is 4. The number of carbonyl (C=O) groups excluding carboxylic acids is 1. The monoisotopic (exact) mass is 172 g/mol. The van der Waals surface area contributed by atoms with Crippen LogP contribution >= 0.6 is 11.6 Å². The van der Waals surface area contributed by atoms with E-state index in [4.69, 9.17) is 23.1 Å². The molecule has 0 unspecified atom stereocenters. The van der Waals surface area contributed by atoms with Crippen molar-refractivity contribution < 1.29 is 4.79 Å². The predicted octanol–water partition coefficient (Wildman–Crippen LogP) is -0.189. The average Bonchev–Trinajstić information content (AvgIpc) is 1.85. The molecule has 58 valence electrons. The second-order valence-corrected chi connectivity index (χ2v) is 2.15. The minimum Gasteiger partial charge on any atom is -0.368 e. The van der Waals surface area contributed by atoms with Crippen molar-refractivity contribution >= 4 is 23.5 Å². The van der Waals surface area contributed by atoms with Crippen molar-refractivity contribution in [3.05, 3.63) is 16.9 Å². The molecule has 0 fully saturated rings. The van der Waals surface area contributed by atoms with Gasteiger partial charge in [-0.3, -0.25) is 4.79 Å². The number of nitrogens with zero attached hydrogens (tertiary/aromatic N) is 2. The zero-order chi connectivity index (χ0) is 8.43. The zero-order valence-electron chi connectivity index (χ0n) is 5.41. The Bertz CT molecular complexity index is 301. The quantitative estimate of drug-likeness (QED) is 0.574. The van der Waals surface area contributed by atoms with Crippen LogP contribution in [0.5, 0.6) is 0 Å². The number of aromatic nitrogens is 2. The second kappa shape index (κ2) is 2.71. The van der Waals surface area contributed by atoms with Gasteiger partial charge in [0.2, 0.25) is 5.95 Å². The van der Waals surface area contributed by atoms with Gasteiger partial charge in [0.1, 0.15) is 5.15 Å². The van der Waals surface area contributed by atoms with Gasteiger partial charge in [-0.05, 0) is 0 Å². The lowest BCUT2D eigenvalue weighted by molar-refractivity contribution is 0.1000. The van der Waals surface area contributed by atoms with Crippen LogP contribution in [0.1, 0.15) is 10.4 Å². The number of rotatable bonds is 1. The normalized spacial score (nSPS) is 9.55. The maximum absolute atomic E-state index is 10.6. The van der Waals surface area contributed by atoms with Crippen LogP contribution in [0.3, 0.4) is 0 Å². The molecule has 0 atom stereocenters. The highest BCUT2D eigenvalue weighted by Gasteiger charge is 2.07. The number of halogens is 1. The van der Waals surface area contributed by atoms with Crippen molar-refractivity contribution in [2.45, 2.75) is 0 Å². The van der Waals surface area contributed by atoms with E-state index in [1.165, 1.54) is 6.20 Å². The number of amides is 1. The van der Waals surface area contributed by atoms with E-state index < -0.39 is 5.91 Å². The SMILES string of the molecule is NC(=O)c1cnc(N)nc1Cl. The number of nitrogen functional groups attached to an aromatic ring is 1. The lowest BCUT2D eigenvalue weighted by Crippen LogP contribution is -2.13. The lowest BCUT2D eigenvalue weighted by Gasteiger charge is -1.97. The van der Waals surface area contributed by atoms with Gasteiger partial charge in [0, 0.05) is 6.20 Å². The van der Waals surface area contributed by atoms with Gasteiger partial charge in [-0.2, -0.15) is 0 Å². The Morgan fingerprint density at radius 2 is 2.27 bits per heavy atom. The van der Waals surface area contributed by atoms with Crippen molar-refractivity contribution in [1.29, 1.82) is 0 Å². The zero-order valence-corrected chi connectivity index (χ0v) is 6.17. The van der Waals surface area contributed by atoms with Crippen LogP contribution in [0.25, 0.3) is 0 Å². The minimum absolute atomic E-state index is 0.0139. The lowest BCUT2D eigenvalue weighted by atomic mass is 10.3. The van der Waals surface area contributed by atoms with E-state index in [2.05, 4.69) is 9.97 Å². The molecule has 0 bridgehead atoms. The molecule has 1 amide bonds. The first-order valence-electron chi connectivity index (χ1n) is 2.69. The highest BCUT2D eigenvalue weighted by molar-refractivity contribution is 6.32. The van der Waals surface area contributed by atoms with E-state index in [-0.39, 0.29) is 16.7 Å². The van der Waals surface area contributed by atoms with Crippen molar-refractivity contribution in [2.75, 3.05) is 5.73 Å². The molecule has 1 rings (SSSR count). The molecule has 1 aromatic heterocycles. The summed E-state index contributed by atoms with van der Waals surface area (Å²) >= 11 is 5.49. The fourth-order valence-electron chi connectivity index (χ4n) is 0.539. The Morgan fingerprint density at radius 1 is 1.64 bits per heavy atom. The maximum Gasteiger partial charge on any atom is 0.253 e. The van der Waals surface area contributed by atoms with Crippen molar-refractivity contribution in [3.63, 3.8) is 0 Å². The van der Waals surface area contributed by atoms with Crippen molar-refractivity contribution in [1.82, 2.24) is 9.97 Å². The van der Waals surface area contributed by atoms with Gasteiger partial charge in [0.05, 0.1) is 5.56 Å². The molecule has 0 aromatic carbocycles. The number of primary amides is 1. The maximum atomic E-state index is 10.6. The van der Waals surface area contributed by atoms with Crippen molar-refractivity contribution in [2.24, 2.45) is 5.73 Å². The predicted molar refractivity (Wildman–Crippen MR) is 40.0 cm³/mol. The van der Waals surface area contributed by atoms with Crippen LogP contribution in [0, 0.1) is 0 Å². The summed E-state index contributed by atoms with van der Waals surface area (Å²) in [4.78, 5) is 17.6. The number of carbonyl (C=O) groups is 1. The standard InChI is InChI=1S/C5H5ClN4O/c6-3-2(4(7)11)1-9-5(8)10-3/h1H,(H2,7,11)(H2,8,9,10). The molecular weight excluding hydrogens is 168 g/mol. The van der Waals surface area contributed by atoms with Gasteiger partial charge in [-0.15, -0.1) is 0 Å². The fraction of sp³-hybridized carbons (Fsp3) is 0. The van der Waals surface area contributed by atoms with Crippen molar-refractivity contribution in [3.8, 4) is 0 Å². The summed E-state index contributed by atoms with van der Waals surface area (Å²) in [6.07, 6.45) is 1.19. The Balaban J connectivity index is 3.20. The highest BCUT2D eigenvalue weighted by atomic mass is 35.5. The molecule has 4 N–H and O–H groups in total. The third-order valence-electron chi connectivity index (χ3n) is 1.03. The third-order valence-corrected chi connectivity index (χ3v) is 1.31. The summed E-state index contributed by atoms with van der Waals surface area (Å²) in [5.74, 6) is -0.657. The van der Waals surface area contributed by atoms with Crippen LogP contribution < -0.4 is 11.5 Å². The molecule has 0 radical (unpaired) electrons. The molecule has 0 saturated heterocycles. The third kappa shape index (κ3) is 1.56. The Morgan fingerprint density at radius 3 is 2.73 bits per heavy atom. The van der Waals surface area contributed by atoms with Crippen LogP contribution in [0.15, 0.2) is 6.20 Å². The second-order valence-electron chi connectivity index (χ2n) is 1.80. The van der Waals surface area contributed by atoms with Gasteiger partial charge in [0.15, 0.2) is 0 Å². The van der Waals surface area contributed by atoms with Gasteiger partial charge in [0.25, 0.3) is 5.91 Å². The molecule has 0 aliphatic rings. The molecular formula is C5H5ClN4O. The first-order chi connectivity index (χ1) is 5.11. The highest BCUT2D eigenvalue weighted by Crippen LogP contribution is 2.10. The van der Waals surface area contributed by atoms with Crippen LogP contribution in [-0.4, -0.2) is 15.9 Å². The van der Waals surface area contributed by atoms with E-state index in [9.17, 15) is 4.79 Å². The topological polar surface area (TPSA) is 94.9 Å². The van der Waals surface area contributed by atoms with E-state index in [1.54, 1.807) is 0 Å². The smallest absolute Gasteiger partial charge is 0.253 e. The Hall–Kier alpha value is -1.36.